The van der Waals surface area contributed by atoms with Gasteiger partial charge in [-0.15, -0.1) is 0 Å². The first-order chi connectivity index (χ1) is 11.4. The third-order valence-electron chi connectivity index (χ3n) is 3.34. The highest BCUT2D eigenvalue weighted by atomic mass is 32.2. The first kappa shape index (κ1) is 22.6. The number of carbonyl (C=O) groups excluding carboxylic acids is 2. The molecule has 0 aromatic carbocycles. The van der Waals surface area contributed by atoms with Gasteiger partial charge in [0.15, 0.2) is 0 Å². The number of unbranched alkanes of at least 4 members (excludes halogenated alkanes) is 1. The van der Waals surface area contributed by atoms with Crippen molar-refractivity contribution in [3.63, 3.8) is 0 Å². The molecule has 0 aromatic heterocycles. The molecular formula is C14H28N4O5S. The van der Waals surface area contributed by atoms with Gasteiger partial charge < -0.3 is 32.3 Å². The van der Waals surface area contributed by atoms with E-state index in [1.807, 2.05) is 6.26 Å². The van der Waals surface area contributed by atoms with Crippen LogP contribution in [0.1, 0.15) is 25.7 Å². The summed E-state index contributed by atoms with van der Waals surface area (Å²) in [6, 6.07) is -3.08. The minimum Gasteiger partial charge on any atom is -0.480 e. The molecule has 8 N–H and O–H groups in total. The van der Waals surface area contributed by atoms with Crippen LogP contribution in [-0.2, 0) is 14.4 Å². The van der Waals surface area contributed by atoms with Gasteiger partial charge in [-0.25, -0.2) is 4.79 Å². The van der Waals surface area contributed by atoms with Crippen molar-refractivity contribution in [3.8, 4) is 0 Å². The summed E-state index contributed by atoms with van der Waals surface area (Å²) in [6.45, 7) is -0.0988. The summed E-state index contributed by atoms with van der Waals surface area (Å²) < 4.78 is 0. The zero-order chi connectivity index (χ0) is 18.5. The van der Waals surface area contributed by atoms with Crippen LogP contribution in [0.4, 0.5) is 0 Å². The van der Waals surface area contributed by atoms with E-state index < -0.39 is 42.5 Å². The van der Waals surface area contributed by atoms with Crippen molar-refractivity contribution in [2.75, 3.05) is 25.2 Å². The molecular weight excluding hydrogens is 336 g/mol. The molecule has 10 heteroatoms. The number of hydrogen-bond donors (Lipinski definition) is 6. The first-order valence-corrected chi connectivity index (χ1v) is 9.15. The fraction of sp³-hybridized carbons (Fsp3) is 0.786. The highest BCUT2D eigenvalue weighted by molar-refractivity contribution is 7.98. The lowest BCUT2D eigenvalue weighted by molar-refractivity contribution is -0.142. The van der Waals surface area contributed by atoms with Gasteiger partial charge in [0.05, 0.1) is 6.61 Å². The molecule has 0 saturated carbocycles. The van der Waals surface area contributed by atoms with Crippen LogP contribution in [0.25, 0.3) is 0 Å². The zero-order valence-corrected chi connectivity index (χ0v) is 14.7. The van der Waals surface area contributed by atoms with Gasteiger partial charge in [0, 0.05) is 0 Å². The summed E-state index contributed by atoms with van der Waals surface area (Å²) in [4.78, 5) is 35.3. The Labute approximate surface area is 145 Å². The first-order valence-electron chi connectivity index (χ1n) is 7.76. The third kappa shape index (κ3) is 9.06. The topological polar surface area (TPSA) is 168 Å². The Morgan fingerprint density at radius 3 is 2.21 bits per heavy atom. The van der Waals surface area contributed by atoms with Crippen molar-refractivity contribution in [2.45, 2.75) is 43.8 Å². The molecule has 0 radical (unpaired) electrons. The molecule has 24 heavy (non-hydrogen) atoms. The van der Waals surface area contributed by atoms with Gasteiger partial charge in [-0.1, -0.05) is 0 Å². The highest BCUT2D eigenvalue weighted by Crippen LogP contribution is 2.05. The van der Waals surface area contributed by atoms with Crippen LogP contribution >= 0.6 is 11.8 Å². The molecule has 3 atom stereocenters. The van der Waals surface area contributed by atoms with E-state index in [-0.39, 0.29) is 6.42 Å². The quantitative estimate of drug-likeness (QED) is 0.209. The Balaban J connectivity index is 4.86. The van der Waals surface area contributed by atoms with E-state index >= 15 is 0 Å². The normalized spacial score (nSPS) is 14.5. The maximum atomic E-state index is 12.3. The number of carbonyl (C=O) groups is 3. The van der Waals surface area contributed by atoms with Crippen molar-refractivity contribution in [1.82, 2.24) is 10.6 Å². The van der Waals surface area contributed by atoms with Gasteiger partial charge in [0.2, 0.25) is 11.8 Å². The molecule has 0 aliphatic heterocycles. The maximum absolute atomic E-state index is 12.3. The van der Waals surface area contributed by atoms with E-state index in [4.69, 9.17) is 16.6 Å². The minimum absolute atomic E-state index is 0.280. The molecule has 0 rings (SSSR count). The van der Waals surface area contributed by atoms with E-state index in [2.05, 4.69) is 10.6 Å². The van der Waals surface area contributed by atoms with Crippen LogP contribution in [-0.4, -0.2) is 71.3 Å². The number of amides is 2. The van der Waals surface area contributed by atoms with E-state index in [0.29, 0.717) is 31.6 Å². The van der Waals surface area contributed by atoms with Gasteiger partial charge >= 0.3 is 5.97 Å². The van der Waals surface area contributed by atoms with Crippen LogP contribution in [0, 0.1) is 0 Å². The molecule has 9 nitrogen and oxygen atoms in total. The van der Waals surface area contributed by atoms with E-state index in [1.165, 1.54) is 11.8 Å². The average Bonchev–Trinajstić information content (AvgIpc) is 2.56. The summed E-state index contributed by atoms with van der Waals surface area (Å²) in [5.74, 6) is -1.80. The molecule has 0 aliphatic carbocycles. The number of carboxylic acid groups (broad SMARTS) is 1. The highest BCUT2D eigenvalue weighted by Gasteiger charge is 2.27. The number of aliphatic hydroxyl groups excluding tert-OH is 1. The Morgan fingerprint density at radius 1 is 1.08 bits per heavy atom. The Hall–Kier alpha value is -1.36. The van der Waals surface area contributed by atoms with Crippen LogP contribution in [0.5, 0.6) is 0 Å². The Bertz CT molecular complexity index is 411. The second-order valence-electron chi connectivity index (χ2n) is 5.32. The fourth-order valence-corrected chi connectivity index (χ4v) is 2.36. The smallest absolute Gasteiger partial charge is 0.326 e. The number of aliphatic hydroxyl groups is 1. The zero-order valence-electron chi connectivity index (χ0n) is 13.9. The molecule has 0 aromatic rings. The lowest BCUT2D eigenvalue weighted by atomic mass is 10.1. The number of nitrogens with two attached hydrogens (primary N) is 2. The number of hydrogen-bond acceptors (Lipinski definition) is 7. The van der Waals surface area contributed by atoms with Gasteiger partial charge in [0.1, 0.15) is 18.1 Å². The number of carboxylic acids is 1. The number of rotatable bonds is 13. The van der Waals surface area contributed by atoms with Crippen LogP contribution in [0.3, 0.4) is 0 Å². The molecule has 0 saturated heterocycles. The van der Waals surface area contributed by atoms with Crippen LogP contribution in [0.15, 0.2) is 0 Å². The van der Waals surface area contributed by atoms with Crippen molar-refractivity contribution in [1.29, 1.82) is 0 Å². The lowest BCUT2D eigenvalue weighted by Gasteiger charge is -2.22. The Kier molecular flexibility index (Phi) is 12.3. The van der Waals surface area contributed by atoms with Crippen LogP contribution in [0.2, 0.25) is 0 Å². The standard InChI is InChI=1S/C14H28N4O5S/c1-24-7-5-11(14(22)23)18-13(21)10(4-2-3-6-15)17-12(20)9(16)8-19/h9-11,19H,2-8,15-16H2,1H3,(H,17,20)(H,18,21)(H,22,23)/t9-,10-,11-/m0/s1. The summed E-state index contributed by atoms with van der Waals surface area (Å²) in [7, 11) is 0. The molecule has 0 bridgehead atoms. The number of aliphatic carboxylic acids is 1. The molecule has 0 aliphatic rings. The molecule has 2 amide bonds. The minimum atomic E-state index is -1.14. The molecule has 0 spiro atoms. The maximum Gasteiger partial charge on any atom is 0.326 e. The SMILES string of the molecule is CSCC[C@H](NC(=O)[C@H](CCCCN)NC(=O)[C@@H](N)CO)C(=O)O. The second kappa shape index (κ2) is 13.0. The predicted molar refractivity (Wildman–Crippen MR) is 92.5 cm³/mol. The monoisotopic (exact) mass is 364 g/mol. The predicted octanol–water partition coefficient (Wildman–Crippen LogP) is -1.76. The summed E-state index contributed by atoms with van der Waals surface area (Å²) >= 11 is 1.47. The number of nitrogens with one attached hydrogen (secondary N) is 2. The van der Waals surface area contributed by atoms with Crippen molar-refractivity contribution in [3.05, 3.63) is 0 Å². The van der Waals surface area contributed by atoms with Gasteiger partial charge in [-0.05, 0) is 44.2 Å². The average molecular weight is 364 g/mol. The summed E-state index contributed by atoms with van der Waals surface area (Å²) in [5.41, 5.74) is 10.8. The van der Waals surface area contributed by atoms with Gasteiger partial charge in [0.25, 0.3) is 0 Å². The van der Waals surface area contributed by atoms with E-state index in [9.17, 15) is 19.5 Å². The largest absolute Gasteiger partial charge is 0.480 e. The van der Waals surface area contributed by atoms with Crippen molar-refractivity contribution < 1.29 is 24.6 Å². The molecule has 0 heterocycles. The third-order valence-corrected chi connectivity index (χ3v) is 3.98. The molecule has 0 fully saturated rings. The van der Waals surface area contributed by atoms with Crippen molar-refractivity contribution in [2.24, 2.45) is 11.5 Å². The molecule has 140 valence electrons. The van der Waals surface area contributed by atoms with E-state index in [0.717, 1.165) is 0 Å². The van der Waals surface area contributed by atoms with Crippen LogP contribution < -0.4 is 22.1 Å². The lowest BCUT2D eigenvalue weighted by Crippen LogP contribution is -2.55. The summed E-state index contributed by atoms with van der Waals surface area (Å²) in [6.07, 6.45) is 3.68. The fourth-order valence-electron chi connectivity index (χ4n) is 1.89. The summed E-state index contributed by atoms with van der Waals surface area (Å²) in [5, 5.41) is 23.0. The number of thioether (sulfide) groups is 1. The second-order valence-corrected chi connectivity index (χ2v) is 6.30. The van der Waals surface area contributed by atoms with Gasteiger partial charge in [-0.2, -0.15) is 11.8 Å². The van der Waals surface area contributed by atoms with E-state index in [1.54, 1.807) is 0 Å². The van der Waals surface area contributed by atoms with Crippen molar-refractivity contribution >= 4 is 29.5 Å². The Morgan fingerprint density at radius 2 is 1.71 bits per heavy atom. The van der Waals surface area contributed by atoms with Gasteiger partial charge in [-0.3, -0.25) is 9.59 Å². The molecule has 0 unspecified atom stereocenters.